The molecule has 2 aromatic heterocycles. The van der Waals surface area contributed by atoms with Crippen LogP contribution in [0.1, 0.15) is 15.2 Å². The van der Waals surface area contributed by atoms with E-state index in [1.165, 1.54) is 23.6 Å². The molecule has 102 valence electrons. The van der Waals surface area contributed by atoms with Crippen LogP contribution in [0.2, 0.25) is 5.02 Å². The topological polar surface area (TPSA) is 79.3 Å². The summed E-state index contributed by atoms with van der Waals surface area (Å²) in [6, 6.07) is 4.83. The molecule has 2 heterocycles. The lowest BCUT2D eigenvalue weighted by atomic mass is 10.3. The fourth-order valence-electron chi connectivity index (χ4n) is 1.35. The van der Waals surface area contributed by atoms with Crippen molar-refractivity contribution in [3.8, 4) is 0 Å². The number of carbonyl (C=O) groups is 2. The second-order valence-electron chi connectivity index (χ2n) is 3.73. The summed E-state index contributed by atoms with van der Waals surface area (Å²) in [5, 5.41) is 13.3. The van der Waals surface area contributed by atoms with E-state index in [0.29, 0.717) is 21.3 Å². The van der Waals surface area contributed by atoms with Gasteiger partial charge in [0, 0.05) is 22.5 Å². The quantitative estimate of drug-likeness (QED) is 0.850. The van der Waals surface area contributed by atoms with E-state index in [-0.39, 0.29) is 5.91 Å². The lowest BCUT2D eigenvalue weighted by Gasteiger charge is -2.01. The number of aromatic nitrogens is 1. The van der Waals surface area contributed by atoms with Gasteiger partial charge in [0.1, 0.15) is 5.82 Å². The molecule has 0 radical (unpaired) electrons. The van der Waals surface area contributed by atoms with Crippen LogP contribution in [0.15, 0.2) is 35.9 Å². The Morgan fingerprint density at radius 3 is 2.85 bits per heavy atom. The average molecular weight is 309 g/mol. The molecule has 0 spiro atoms. The van der Waals surface area contributed by atoms with Crippen molar-refractivity contribution >= 4 is 46.7 Å². The van der Waals surface area contributed by atoms with Gasteiger partial charge in [-0.15, -0.1) is 11.3 Å². The first-order valence-electron chi connectivity index (χ1n) is 5.47. The van der Waals surface area contributed by atoms with Gasteiger partial charge in [-0.05, 0) is 24.3 Å². The number of carbonyl (C=O) groups excluding carboxylic acids is 1. The molecule has 0 unspecified atom stereocenters. The molecule has 7 heteroatoms. The number of thiophene rings is 1. The third-order valence-corrected chi connectivity index (χ3v) is 3.36. The lowest BCUT2D eigenvalue weighted by molar-refractivity contribution is -0.131. The zero-order valence-corrected chi connectivity index (χ0v) is 11.6. The molecule has 2 aromatic rings. The van der Waals surface area contributed by atoms with Gasteiger partial charge in [0.25, 0.3) is 5.91 Å². The number of halogens is 1. The Hall–Kier alpha value is -2.18. The van der Waals surface area contributed by atoms with E-state index in [2.05, 4.69) is 10.3 Å². The largest absolute Gasteiger partial charge is 0.478 e. The Balaban J connectivity index is 2.06. The van der Waals surface area contributed by atoms with E-state index >= 15 is 0 Å². The molecule has 0 aromatic carbocycles. The molecule has 0 saturated carbocycles. The van der Waals surface area contributed by atoms with Crippen molar-refractivity contribution in [2.45, 2.75) is 0 Å². The van der Waals surface area contributed by atoms with Crippen molar-refractivity contribution in [3.63, 3.8) is 0 Å². The van der Waals surface area contributed by atoms with Crippen molar-refractivity contribution < 1.29 is 14.7 Å². The minimum absolute atomic E-state index is 0.314. The summed E-state index contributed by atoms with van der Waals surface area (Å²) in [5.41, 5.74) is 0.441. The van der Waals surface area contributed by atoms with Gasteiger partial charge in [-0.3, -0.25) is 4.79 Å². The van der Waals surface area contributed by atoms with Gasteiger partial charge in [-0.2, -0.15) is 0 Å². The predicted molar refractivity (Wildman–Crippen MR) is 78.2 cm³/mol. The van der Waals surface area contributed by atoms with Gasteiger partial charge >= 0.3 is 5.97 Å². The Kier molecular flexibility index (Phi) is 4.49. The normalized spacial score (nSPS) is 10.7. The second-order valence-corrected chi connectivity index (χ2v) is 5.10. The van der Waals surface area contributed by atoms with Gasteiger partial charge in [-0.1, -0.05) is 11.6 Å². The summed E-state index contributed by atoms with van der Waals surface area (Å²) < 4.78 is 0. The molecule has 1 amide bonds. The Bertz CT molecular complexity index is 665. The molecule has 0 aliphatic heterocycles. The van der Waals surface area contributed by atoms with Gasteiger partial charge in [0.05, 0.1) is 10.6 Å². The summed E-state index contributed by atoms with van der Waals surface area (Å²) in [6.45, 7) is 0. The third-order valence-electron chi connectivity index (χ3n) is 2.24. The van der Waals surface area contributed by atoms with Gasteiger partial charge in [-0.25, -0.2) is 9.78 Å². The van der Waals surface area contributed by atoms with Crippen LogP contribution in [-0.4, -0.2) is 22.0 Å². The standard InChI is InChI=1S/C13H9ClN2O3S/c14-9-1-3-11(15-6-9)16-13(19)8-5-10(20-7-8)2-4-12(17)18/h1-7H,(H,17,18)(H,15,16,19). The number of rotatable bonds is 4. The van der Waals surface area contributed by atoms with Crippen LogP contribution in [0.25, 0.3) is 6.08 Å². The first-order chi connectivity index (χ1) is 9.54. The number of aliphatic carboxylic acids is 1. The average Bonchev–Trinajstić information content (AvgIpc) is 2.88. The van der Waals surface area contributed by atoms with Crippen LogP contribution >= 0.6 is 22.9 Å². The van der Waals surface area contributed by atoms with Crippen LogP contribution in [0.4, 0.5) is 5.82 Å². The number of nitrogens with zero attached hydrogens (tertiary/aromatic N) is 1. The molecule has 20 heavy (non-hydrogen) atoms. The second kappa shape index (κ2) is 6.31. The number of hydrogen-bond acceptors (Lipinski definition) is 4. The van der Waals surface area contributed by atoms with E-state index in [1.54, 1.807) is 23.6 Å². The van der Waals surface area contributed by atoms with Crippen molar-refractivity contribution in [2.75, 3.05) is 5.32 Å². The van der Waals surface area contributed by atoms with E-state index < -0.39 is 5.97 Å². The number of hydrogen-bond donors (Lipinski definition) is 2. The molecule has 2 N–H and O–H groups in total. The SMILES string of the molecule is O=C(O)C=Cc1cc(C(=O)Nc2ccc(Cl)cn2)cs1. The number of carboxylic acids is 1. The smallest absolute Gasteiger partial charge is 0.328 e. The number of anilines is 1. The predicted octanol–water partition coefficient (Wildman–Crippen LogP) is 3.15. The maximum atomic E-state index is 11.9. The number of pyridine rings is 1. The molecule has 2 rings (SSSR count). The summed E-state index contributed by atoms with van der Waals surface area (Å²) in [7, 11) is 0. The fraction of sp³-hybridized carbons (Fsp3) is 0. The van der Waals surface area contributed by atoms with Crippen LogP contribution in [-0.2, 0) is 4.79 Å². The molecule has 0 fully saturated rings. The zero-order chi connectivity index (χ0) is 14.5. The lowest BCUT2D eigenvalue weighted by Crippen LogP contribution is -2.11. The highest BCUT2D eigenvalue weighted by Crippen LogP contribution is 2.18. The molecule has 0 bridgehead atoms. The maximum Gasteiger partial charge on any atom is 0.328 e. The van der Waals surface area contributed by atoms with Crippen molar-refractivity contribution in [2.24, 2.45) is 0 Å². The Labute approximate surface area is 123 Å². The van der Waals surface area contributed by atoms with Gasteiger partial charge < -0.3 is 10.4 Å². The van der Waals surface area contributed by atoms with E-state index in [4.69, 9.17) is 16.7 Å². The molecule has 0 saturated heterocycles. The summed E-state index contributed by atoms with van der Waals surface area (Å²) in [5.74, 6) is -0.950. The number of amides is 1. The number of nitrogens with one attached hydrogen (secondary N) is 1. The first kappa shape index (κ1) is 14.2. The van der Waals surface area contributed by atoms with E-state index in [0.717, 1.165) is 6.08 Å². The monoisotopic (exact) mass is 308 g/mol. The van der Waals surface area contributed by atoms with Crippen LogP contribution < -0.4 is 5.32 Å². The highest BCUT2D eigenvalue weighted by Gasteiger charge is 2.09. The van der Waals surface area contributed by atoms with E-state index in [9.17, 15) is 9.59 Å². The molecule has 5 nitrogen and oxygen atoms in total. The minimum atomic E-state index is -1.03. The van der Waals surface area contributed by atoms with Crippen molar-refractivity contribution in [1.82, 2.24) is 4.98 Å². The van der Waals surface area contributed by atoms with Crippen LogP contribution in [0.5, 0.6) is 0 Å². The van der Waals surface area contributed by atoms with Crippen LogP contribution in [0, 0.1) is 0 Å². The minimum Gasteiger partial charge on any atom is -0.478 e. The highest BCUT2D eigenvalue weighted by molar-refractivity contribution is 7.11. The molecular formula is C13H9ClN2O3S. The van der Waals surface area contributed by atoms with Crippen molar-refractivity contribution in [3.05, 3.63) is 51.3 Å². The molecule has 0 atom stereocenters. The van der Waals surface area contributed by atoms with E-state index in [1.807, 2.05) is 0 Å². The summed E-state index contributed by atoms with van der Waals surface area (Å²) in [4.78, 5) is 27.0. The molecular weight excluding hydrogens is 300 g/mol. The van der Waals surface area contributed by atoms with Gasteiger partial charge in [0.2, 0.25) is 0 Å². The first-order valence-corrected chi connectivity index (χ1v) is 6.73. The fourth-order valence-corrected chi connectivity index (χ4v) is 2.24. The molecule has 0 aliphatic rings. The van der Waals surface area contributed by atoms with Gasteiger partial charge in [0.15, 0.2) is 0 Å². The summed E-state index contributed by atoms with van der Waals surface area (Å²) in [6.07, 6.45) is 3.89. The Morgan fingerprint density at radius 2 is 2.20 bits per heavy atom. The highest BCUT2D eigenvalue weighted by atomic mass is 35.5. The summed E-state index contributed by atoms with van der Waals surface area (Å²) >= 11 is 6.98. The third kappa shape index (κ3) is 3.91. The molecule has 0 aliphatic carbocycles. The van der Waals surface area contributed by atoms with Crippen molar-refractivity contribution in [1.29, 1.82) is 0 Å². The zero-order valence-electron chi connectivity index (χ0n) is 10.0. The van der Waals surface area contributed by atoms with Crippen LogP contribution in [0.3, 0.4) is 0 Å². The number of carboxylic acid groups (broad SMARTS) is 1. The Morgan fingerprint density at radius 1 is 1.40 bits per heavy atom. The maximum absolute atomic E-state index is 11.9.